The van der Waals surface area contributed by atoms with Gasteiger partial charge >= 0.3 is 6.03 Å². The molecule has 1 aliphatic carbocycles. The van der Waals surface area contributed by atoms with E-state index >= 15 is 0 Å². The average molecular weight is 440 g/mol. The summed E-state index contributed by atoms with van der Waals surface area (Å²) in [5.41, 5.74) is 2.08. The van der Waals surface area contributed by atoms with Crippen molar-refractivity contribution in [1.82, 2.24) is 10.2 Å². The van der Waals surface area contributed by atoms with Gasteiger partial charge in [0.15, 0.2) is 11.5 Å². The molecule has 2 aliphatic rings. The van der Waals surface area contributed by atoms with Crippen molar-refractivity contribution in [3.05, 3.63) is 48.0 Å². The highest BCUT2D eigenvalue weighted by Gasteiger charge is 2.50. The molecule has 3 atom stereocenters. The molecule has 0 spiro atoms. The topological polar surface area (TPSA) is 72.1 Å². The third-order valence-corrected chi connectivity index (χ3v) is 7.15. The van der Waals surface area contributed by atoms with Crippen LogP contribution in [0.1, 0.15) is 31.2 Å². The minimum atomic E-state index is -0.178. The number of nitrogens with zero attached hydrogens (tertiary/aromatic N) is 1. The second-order valence-corrected chi connectivity index (χ2v) is 8.77. The Bertz CT molecular complexity index is 966. The molecule has 3 unspecified atom stereocenters. The van der Waals surface area contributed by atoms with Gasteiger partial charge in [-0.3, -0.25) is 0 Å². The summed E-state index contributed by atoms with van der Waals surface area (Å²) in [5, 5.41) is 6.11. The number of anilines is 1. The number of likely N-dealkylation sites (N-methyl/N-ethyl adjacent to an activating group) is 1. The Hall–Kier alpha value is -2.93. The number of urea groups is 1. The molecule has 1 aliphatic heterocycles. The lowest BCUT2D eigenvalue weighted by Crippen LogP contribution is -2.52. The minimum absolute atomic E-state index is 0.0652. The third kappa shape index (κ3) is 4.21. The van der Waals surface area contributed by atoms with Gasteiger partial charge in [0.25, 0.3) is 0 Å². The van der Waals surface area contributed by atoms with Crippen LogP contribution < -0.4 is 24.8 Å². The predicted octanol–water partition coefficient (Wildman–Crippen LogP) is 4.03. The summed E-state index contributed by atoms with van der Waals surface area (Å²) in [7, 11) is 7.14. The molecule has 1 saturated carbocycles. The smallest absolute Gasteiger partial charge is 0.319 e. The molecular weight excluding hydrogens is 406 g/mol. The number of benzene rings is 2. The van der Waals surface area contributed by atoms with E-state index in [4.69, 9.17) is 14.2 Å². The molecular formula is C25H33N3O4. The van der Waals surface area contributed by atoms with Gasteiger partial charge in [-0.05, 0) is 69.1 Å². The maximum absolute atomic E-state index is 12.7. The van der Waals surface area contributed by atoms with Crippen molar-refractivity contribution in [2.24, 2.45) is 0 Å². The number of amides is 2. The molecule has 2 N–H and O–H groups in total. The van der Waals surface area contributed by atoms with Crippen LogP contribution in [0, 0.1) is 0 Å². The fraction of sp³-hybridized carbons (Fsp3) is 0.480. The fourth-order valence-electron chi connectivity index (χ4n) is 5.45. The average Bonchev–Trinajstić information content (AvgIpc) is 3.15. The fourth-order valence-corrected chi connectivity index (χ4v) is 5.45. The van der Waals surface area contributed by atoms with Gasteiger partial charge in [-0.15, -0.1) is 0 Å². The number of hydrogen-bond acceptors (Lipinski definition) is 5. The van der Waals surface area contributed by atoms with Crippen LogP contribution >= 0.6 is 0 Å². The first-order chi connectivity index (χ1) is 15.5. The largest absolute Gasteiger partial charge is 0.497 e. The summed E-state index contributed by atoms with van der Waals surface area (Å²) in [4.78, 5) is 15.1. The number of methoxy groups -OCH3 is 3. The van der Waals surface area contributed by atoms with Gasteiger partial charge in [-0.2, -0.15) is 0 Å². The summed E-state index contributed by atoms with van der Waals surface area (Å²) in [5.74, 6) is 2.23. The first-order valence-corrected chi connectivity index (χ1v) is 11.1. The van der Waals surface area contributed by atoms with E-state index in [1.54, 1.807) is 21.3 Å². The zero-order valence-electron chi connectivity index (χ0n) is 19.3. The molecule has 2 fully saturated rings. The summed E-state index contributed by atoms with van der Waals surface area (Å²) < 4.78 is 16.2. The van der Waals surface area contributed by atoms with Crippen molar-refractivity contribution in [3.8, 4) is 17.2 Å². The molecule has 1 heterocycles. The predicted molar refractivity (Wildman–Crippen MR) is 125 cm³/mol. The Morgan fingerprint density at radius 1 is 1.03 bits per heavy atom. The number of nitrogens with one attached hydrogen (secondary N) is 2. The third-order valence-electron chi connectivity index (χ3n) is 7.15. The van der Waals surface area contributed by atoms with Crippen molar-refractivity contribution in [2.45, 2.75) is 43.2 Å². The van der Waals surface area contributed by atoms with Gasteiger partial charge in [0.1, 0.15) is 5.75 Å². The van der Waals surface area contributed by atoms with E-state index in [0.717, 1.165) is 49.4 Å². The van der Waals surface area contributed by atoms with E-state index in [1.807, 2.05) is 30.3 Å². The van der Waals surface area contributed by atoms with Crippen molar-refractivity contribution >= 4 is 11.7 Å². The lowest BCUT2D eigenvalue weighted by Gasteiger charge is -2.45. The Balaban J connectivity index is 1.47. The van der Waals surface area contributed by atoms with Gasteiger partial charge in [0, 0.05) is 29.3 Å². The first kappa shape index (κ1) is 22.3. The SMILES string of the molecule is COc1cccc(NC(=O)NC2CCC3(c4ccc(OC)c(OC)c4)CCN(C)C3C2)c1. The van der Waals surface area contributed by atoms with Crippen LogP contribution in [0.4, 0.5) is 10.5 Å². The van der Waals surface area contributed by atoms with E-state index in [2.05, 4.69) is 34.7 Å². The lowest BCUT2D eigenvalue weighted by molar-refractivity contribution is 0.156. The van der Waals surface area contributed by atoms with Crippen molar-refractivity contribution in [1.29, 1.82) is 0 Å². The van der Waals surface area contributed by atoms with Crippen LogP contribution in [0.3, 0.4) is 0 Å². The normalized spacial score (nSPS) is 25.0. The Morgan fingerprint density at radius 3 is 2.59 bits per heavy atom. The highest BCUT2D eigenvalue weighted by molar-refractivity contribution is 5.89. The molecule has 7 heteroatoms. The van der Waals surface area contributed by atoms with Crippen LogP contribution in [0.2, 0.25) is 0 Å². The van der Waals surface area contributed by atoms with E-state index in [-0.39, 0.29) is 17.5 Å². The van der Waals surface area contributed by atoms with Gasteiger partial charge in [0.2, 0.25) is 0 Å². The zero-order chi connectivity index (χ0) is 22.7. The Kier molecular flexibility index (Phi) is 6.46. The van der Waals surface area contributed by atoms with Crippen LogP contribution in [-0.2, 0) is 5.41 Å². The highest BCUT2D eigenvalue weighted by Crippen LogP contribution is 2.49. The van der Waals surface area contributed by atoms with Crippen LogP contribution in [-0.4, -0.2) is 57.9 Å². The Morgan fingerprint density at radius 2 is 1.84 bits per heavy atom. The quantitative estimate of drug-likeness (QED) is 0.711. The summed E-state index contributed by atoms with van der Waals surface area (Å²) in [6.07, 6.45) is 3.97. The molecule has 0 bridgehead atoms. The number of ether oxygens (including phenoxy) is 3. The monoisotopic (exact) mass is 439 g/mol. The van der Waals surface area contributed by atoms with Gasteiger partial charge < -0.3 is 29.7 Å². The van der Waals surface area contributed by atoms with E-state index < -0.39 is 0 Å². The summed E-state index contributed by atoms with van der Waals surface area (Å²) in [6, 6.07) is 14.0. The van der Waals surface area contributed by atoms with Gasteiger partial charge in [0.05, 0.1) is 21.3 Å². The molecule has 0 radical (unpaired) electrons. The molecule has 2 amide bonds. The number of carbonyl (C=O) groups is 1. The van der Waals surface area contributed by atoms with Gasteiger partial charge in [-0.1, -0.05) is 12.1 Å². The molecule has 2 aromatic carbocycles. The second kappa shape index (κ2) is 9.28. The number of rotatable bonds is 6. The maximum atomic E-state index is 12.7. The van der Waals surface area contributed by atoms with Crippen LogP contribution in [0.15, 0.2) is 42.5 Å². The number of likely N-dealkylation sites (tertiary alicyclic amines) is 1. The maximum Gasteiger partial charge on any atom is 0.319 e. The molecule has 1 saturated heterocycles. The molecule has 32 heavy (non-hydrogen) atoms. The summed E-state index contributed by atoms with van der Waals surface area (Å²) in [6.45, 7) is 1.04. The molecule has 4 rings (SSSR count). The number of carbonyl (C=O) groups excluding carboxylic acids is 1. The number of hydrogen-bond donors (Lipinski definition) is 2. The minimum Gasteiger partial charge on any atom is -0.497 e. The van der Waals surface area contributed by atoms with Crippen LogP contribution in [0.25, 0.3) is 0 Å². The lowest BCUT2D eigenvalue weighted by atomic mass is 9.65. The van der Waals surface area contributed by atoms with E-state index in [0.29, 0.717) is 11.8 Å². The first-order valence-electron chi connectivity index (χ1n) is 11.1. The van der Waals surface area contributed by atoms with Crippen molar-refractivity contribution < 1.29 is 19.0 Å². The molecule has 0 aromatic heterocycles. The van der Waals surface area contributed by atoms with Crippen LogP contribution in [0.5, 0.6) is 17.2 Å². The van der Waals surface area contributed by atoms with E-state index in [1.165, 1.54) is 5.56 Å². The van der Waals surface area contributed by atoms with Gasteiger partial charge in [-0.25, -0.2) is 4.79 Å². The Labute approximate surface area is 190 Å². The molecule has 2 aromatic rings. The molecule has 7 nitrogen and oxygen atoms in total. The van der Waals surface area contributed by atoms with E-state index in [9.17, 15) is 4.79 Å². The van der Waals surface area contributed by atoms with Crippen molar-refractivity contribution in [2.75, 3.05) is 40.2 Å². The standard InChI is InChI=1S/C25H33N3O4/c1-28-13-12-25(17-8-9-21(31-3)22(14-17)32-4)11-10-19(16-23(25)28)27-24(29)26-18-6-5-7-20(15-18)30-2/h5-9,14-15,19,23H,10-13,16H2,1-4H3,(H2,26,27,29). The second-order valence-electron chi connectivity index (χ2n) is 8.77. The zero-order valence-corrected chi connectivity index (χ0v) is 19.3. The highest BCUT2D eigenvalue weighted by atomic mass is 16.5. The summed E-state index contributed by atoms with van der Waals surface area (Å²) >= 11 is 0. The van der Waals surface area contributed by atoms with Crippen molar-refractivity contribution in [3.63, 3.8) is 0 Å². The molecule has 172 valence electrons. The number of fused-ring (bicyclic) bond motifs is 1.